The summed E-state index contributed by atoms with van der Waals surface area (Å²) in [6.45, 7) is 3.52. The van der Waals surface area contributed by atoms with Gasteiger partial charge in [0.15, 0.2) is 23.6 Å². The van der Waals surface area contributed by atoms with Gasteiger partial charge >= 0.3 is 0 Å². The van der Waals surface area contributed by atoms with Crippen LogP contribution in [-0.4, -0.2) is 91.7 Å². The van der Waals surface area contributed by atoms with Crippen molar-refractivity contribution in [2.24, 2.45) is 0 Å². The number of rotatable bonds is 7. The lowest BCUT2D eigenvalue weighted by atomic mass is 10.0. The van der Waals surface area contributed by atoms with E-state index in [1.807, 2.05) is 49.4 Å². The molecule has 1 aromatic heterocycles. The normalized spacial score (nSPS) is 19.4. The Morgan fingerprint density at radius 1 is 1.11 bits per heavy atom. The molecule has 3 amide bonds. The first kappa shape index (κ1) is 33.0. The maximum absolute atomic E-state index is 13.5. The highest BCUT2D eigenvalue weighted by atomic mass is 16.5. The predicted octanol–water partition coefficient (Wildman–Crippen LogP) is 3.77. The van der Waals surface area contributed by atoms with E-state index in [-0.39, 0.29) is 55.6 Å². The molecule has 0 radical (unpaired) electrons. The van der Waals surface area contributed by atoms with Crippen LogP contribution in [0.4, 0.5) is 0 Å². The molecule has 12 heteroatoms. The fourth-order valence-corrected chi connectivity index (χ4v) is 5.81. The summed E-state index contributed by atoms with van der Waals surface area (Å²) in [5.41, 5.74) is 2.08. The number of carbonyl (C=O) groups excluding carboxylic acids is 3. The van der Waals surface area contributed by atoms with Crippen LogP contribution < -0.4 is 14.8 Å². The van der Waals surface area contributed by atoms with Gasteiger partial charge in [0.05, 0.1) is 32.4 Å². The number of hydrogen-bond donors (Lipinski definition) is 1. The number of amides is 3. The van der Waals surface area contributed by atoms with Crippen LogP contribution in [-0.2, 0) is 38.5 Å². The van der Waals surface area contributed by atoms with Crippen molar-refractivity contribution in [2.45, 2.75) is 57.8 Å². The number of carbonyl (C=O) groups is 3. The first-order valence-electron chi connectivity index (χ1n) is 15.7. The third kappa shape index (κ3) is 8.24. The number of ether oxygens (including phenoxy) is 4. The summed E-state index contributed by atoms with van der Waals surface area (Å²) in [4.78, 5) is 47.8. The first-order valence-corrected chi connectivity index (χ1v) is 15.7. The number of nitrogens with one attached hydrogen (secondary N) is 1. The van der Waals surface area contributed by atoms with Crippen LogP contribution in [0.15, 0.2) is 53.3 Å². The Hall–Kier alpha value is -4.42. The number of nitrogens with zero attached hydrogens (tertiary/aromatic N) is 3. The summed E-state index contributed by atoms with van der Waals surface area (Å²) in [7, 11) is 3.18. The van der Waals surface area contributed by atoms with Crippen LogP contribution >= 0.6 is 0 Å². The standard InChI is InChI=1S/C34H42N4O8/c1-4-27-33(35-22-45-27)34(41)38-15-13-28-26(19-38)36-31(39)20-37(14-6-16-42-2)32(40)12-10-23-9-11-29(30(18-23)43-3)46-25-8-5-7-24(17-25)21-44-28/h5,7-9,11,17-18,22,26,28H,4,6,10,12-16,19-21H2,1-3H3,(H,36,39)/t26-,28+/m1/s1. The van der Waals surface area contributed by atoms with Crippen molar-refractivity contribution in [2.75, 3.05) is 47.0 Å². The highest BCUT2D eigenvalue weighted by molar-refractivity contribution is 5.93. The largest absolute Gasteiger partial charge is 0.493 e. The number of aryl methyl sites for hydroxylation is 2. The Morgan fingerprint density at radius 3 is 2.78 bits per heavy atom. The molecule has 3 aliphatic heterocycles. The number of methoxy groups -OCH3 is 2. The van der Waals surface area contributed by atoms with E-state index in [1.54, 1.807) is 24.0 Å². The Bertz CT molecular complexity index is 1510. The second kappa shape index (κ2) is 15.7. The smallest absolute Gasteiger partial charge is 0.276 e. The lowest BCUT2D eigenvalue weighted by molar-refractivity contribution is -0.137. The molecule has 1 N–H and O–H groups in total. The van der Waals surface area contributed by atoms with Gasteiger partial charge in [0.2, 0.25) is 11.8 Å². The highest BCUT2D eigenvalue weighted by Gasteiger charge is 2.35. The van der Waals surface area contributed by atoms with Crippen LogP contribution in [0.2, 0.25) is 0 Å². The number of piperidine rings is 1. The third-order valence-corrected chi connectivity index (χ3v) is 8.26. The van der Waals surface area contributed by atoms with Crippen molar-refractivity contribution in [3.63, 3.8) is 0 Å². The van der Waals surface area contributed by atoms with Gasteiger partial charge in [-0.05, 0) is 54.7 Å². The molecule has 1 saturated heterocycles. The summed E-state index contributed by atoms with van der Waals surface area (Å²) in [6, 6.07) is 12.7. The van der Waals surface area contributed by atoms with Crippen molar-refractivity contribution < 1.29 is 37.7 Å². The van der Waals surface area contributed by atoms with Crippen molar-refractivity contribution in [3.05, 3.63) is 71.4 Å². The highest BCUT2D eigenvalue weighted by Crippen LogP contribution is 2.33. The Labute approximate surface area is 268 Å². The van der Waals surface area contributed by atoms with E-state index in [2.05, 4.69) is 10.3 Å². The van der Waals surface area contributed by atoms with Crippen LogP contribution in [0.5, 0.6) is 17.2 Å². The number of aromatic nitrogens is 1. The molecule has 3 aliphatic rings. The maximum atomic E-state index is 13.5. The fourth-order valence-electron chi connectivity index (χ4n) is 5.81. The molecule has 2 aromatic carbocycles. The van der Waals surface area contributed by atoms with Gasteiger partial charge < -0.3 is 38.5 Å². The van der Waals surface area contributed by atoms with E-state index in [0.29, 0.717) is 68.4 Å². The van der Waals surface area contributed by atoms with Crippen molar-refractivity contribution in [1.29, 1.82) is 0 Å². The molecule has 4 bridgehead atoms. The number of hydrogen-bond acceptors (Lipinski definition) is 9. The fraction of sp³-hybridized carbons (Fsp3) is 0.471. The van der Waals surface area contributed by atoms with Crippen molar-refractivity contribution in [3.8, 4) is 17.2 Å². The topological polar surface area (TPSA) is 133 Å². The molecule has 2 atom stereocenters. The Balaban J connectivity index is 1.41. The molecule has 46 heavy (non-hydrogen) atoms. The maximum Gasteiger partial charge on any atom is 0.276 e. The molecule has 3 aromatic rings. The van der Waals surface area contributed by atoms with Crippen molar-refractivity contribution >= 4 is 17.7 Å². The monoisotopic (exact) mass is 634 g/mol. The molecular weight excluding hydrogens is 592 g/mol. The third-order valence-electron chi connectivity index (χ3n) is 8.26. The molecular formula is C34H42N4O8. The van der Waals surface area contributed by atoms with Gasteiger partial charge in [0.1, 0.15) is 11.5 Å². The van der Waals surface area contributed by atoms with Crippen LogP contribution in [0.1, 0.15) is 53.6 Å². The molecule has 4 heterocycles. The van der Waals surface area contributed by atoms with Gasteiger partial charge in [-0.25, -0.2) is 4.98 Å². The summed E-state index contributed by atoms with van der Waals surface area (Å²) in [5.74, 6) is 1.53. The van der Waals surface area contributed by atoms with E-state index < -0.39 is 6.04 Å². The van der Waals surface area contributed by atoms with Gasteiger partial charge in [-0.3, -0.25) is 14.4 Å². The van der Waals surface area contributed by atoms with Gasteiger partial charge in [0, 0.05) is 46.2 Å². The molecule has 246 valence electrons. The first-order chi connectivity index (χ1) is 22.4. The van der Waals surface area contributed by atoms with Crippen LogP contribution in [0, 0.1) is 0 Å². The van der Waals surface area contributed by atoms with Crippen molar-refractivity contribution in [1.82, 2.24) is 20.1 Å². The Morgan fingerprint density at radius 2 is 1.98 bits per heavy atom. The SMILES string of the molecule is CCc1ocnc1C(=O)N1CC[C@@H]2OCc3cccc(c3)Oc3ccc(cc3OC)CCC(=O)N(CCCOC)CC(=O)N[C@@H]2C1. The number of likely N-dealkylation sites (tertiary alicyclic amines) is 1. The van der Waals surface area contributed by atoms with Crippen LogP contribution in [0.3, 0.4) is 0 Å². The number of benzene rings is 2. The molecule has 0 saturated carbocycles. The number of fused-ring (bicyclic) bond motifs is 9. The van der Waals surface area contributed by atoms with Crippen LogP contribution in [0.25, 0.3) is 0 Å². The molecule has 6 rings (SSSR count). The van der Waals surface area contributed by atoms with Gasteiger partial charge in [-0.1, -0.05) is 25.1 Å². The van der Waals surface area contributed by atoms with E-state index >= 15 is 0 Å². The zero-order valence-corrected chi connectivity index (χ0v) is 26.7. The average molecular weight is 635 g/mol. The summed E-state index contributed by atoms with van der Waals surface area (Å²) < 4.78 is 28.8. The molecule has 0 spiro atoms. The second-order valence-corrected chi connectivity index (χ2v) is 11.4. The second-order valence-electron chi connectivity index (χ2n) is 11.4. The summed E-state index contributed by atoms with van der Waals surface area (Å²) in [5, 5.41) is 3.08. The quantitative estimate of drug-likeness (QED) is 0.386. The number of oxazole rings is 1. The lowest BCUT2D eigenvalue weighted by Crippen LogP contribution is -2.58. The van der Waals surface area contributed by atoms with E-state index in [0.717, 1.165) is 11.1 Å². The average Bonchev–Trinajstić information content (AvgIpc) is 3.55. The molecule has 0 aliphatic carbocycles. The minimum absolute atomic E-state index is 0.124. The Kier molecular flexibility index (Phi) is 11.3. The summed E-state index contributed by atoms with van der Waals surface area (Å²) >= 11 is 0. The van der Waals surface area contributed by atoms with Gasteiger partial charge in [-0.2, -0.15) is 0 Å². The minimum Gasteiger partial charge on any atom is -0.493 e. The van der Waals surface area contributed by atoms with Gasteiger partial charge in [0.25, 0.3) is 5.91 Å². The van der Waals surface area contributed by atoms with Gasteiger partial charge in [-0.15, -0.1) is 0 Å². The zero-order chi connectivity index (χ0) is 32.5. The molecule has 12 nitrogen and oxygen atoms in total. The minimum atomic E-state index is -0.515. The zero-order valence-electron chi connectivity index (χ0n) is 26.7. The summed E-state index contributed by atoms with van der Waals surface area (Å²) in [6.07, 6.45) is 3.18. The van der Waals surface area contributed by atoms with E-state index in [1.165, 1.54) is 6.39 Å². The van der Waals surface area contributed by atoms with E-state index in [9.17, 15) is 14.4 Å². The van der Waals surface area contributed by atoms with E-state index in [4.69, 9.17) is 23.4 Å². The predicted molar refractivity (Wildman–Crippen MR) is 168 cm³/mol. The molecule has 1 fully saturated rings. The molecule has 0 unspecified atom stereocenters. The lowest BCUT2D eigenvalue weighted by Gasteiger charge is -2.39.